The highest BCUT2D eigenvalue weighted by atomic mass is 19.4. The zero-order chi connectivity index (χ0) is 19.4. The van der Waals surface area contributed by atoms with E-state index in [0.29, 0.717) is 31.7 Å². The van der Waals surface area contributed by atoms with Crippen molar-refractivity contribution in [2.75, 3.05) is 30.0 Å². The van der Waals surface area contributed by atoms with E-state index in [0.717, 1.165) is 18.0 Å². The van der Waals surface area contributed by atoms with Crippen LogP contribution in [0.1, 0.15) is 18.4 Å². The van der Waals surface area contributed by atoms with Crippen LogP contribution in [0, 0.1) is 5.92 Å². The number of rotatable bonds is 4. The number of benzene rings is 1. The van der Waals surface area contributed by atoms with Crippen LogP contribution in [0.4, 0.5) is 24.7 Å². The highest BCUT2D eigenvalue weighted by Crippen LogP contribution is 2.30. The number of piperidine rings is 1. The van der Waals surface area contributed by atoms with E-state index in [-0.39, 0.29) is 11.8 Å². The van der Waals surface area contributed by atoms with Gasteiger partial charge < -0.3 is 4.90 Å². The van der Waals surface area contributed by atoms with Crippen molar-refractivity contribution in [3.8, 4) is 0 Å². The lowest BCUT2D eigenvalue weighted by molar-refractivity contribution is -0.137. The first-order valence-electron chi connectivity index (χ1n) is 8.72. The van der Waals surface area contributed by atoms with E-state index in [1.807, 2.05) is 35.2 Å². The van der Waals surface area contributed by atoms with E-state index in [2.05, 4.69) is 10.4 Å². The van der Waals surface area contributed by atoms with E-state index < -0.39 is 11.7 Å². The first-order chi connectivity index (χ1) is 12.8. The molecule has 0 aliphatic carbocycles. The number of pyridine rings is 1. The lowest BCUT2D eigenvalue weighted by Gasteiger charge is -2.33. The molecule has 1 saturated heterocycles. The van der Waals surface area contributed by atoms with Gasteiger partial charge in [-0.25, -0.2) is 4.98 Å². The summed E-state index contributed by atoms with van der Waals surface area (Å²) in [5, 5.41) is 1.69. The molecule has 0 spiro atoms. The van der Waals surface area contributed by atoms with Gasteiger partial charge in [0.05, 0.1) is 11.3 Å². The van der Waals surface area contributed by atoms with Crippen molar-refractivity contribution in [3.05, 3.63) is 54.2 Å². The van der Waals surface area contributed by atoms with Gasteiger partial charge in [-0.2, -0.15) is 13.2 Å². The summed E-state index contributed by atoms with van der Waals surface area (Å²) >= 11 is 0. The smallest absolute Gasteiger partial charge is 0.357 e. The Hall–Kier alpha value is -2.77. The van der Waals surface area contributed by atoms with E-state index >= 15 is 0 Å². The van der Waals surface area contributed by atoms with Crippen LogP contribution in [0.5, 0.6) is 0 Å². The Morgan fingerprint density at radius 3 is 2.37 bits per heavy atom. The number of anilines is 2. The summed E-state index contributed by atoms with van der Waals surface area (Å²) in [6.07, 6.45) is -2.29. The lowest BCUT2D eigenvalue weighted by Crippen LogP contribution is -2.46. The summed E-state index contributed by atoms with van der Waals surface area (Å²) in [7, 11) is 1.79. The molecule has 5 nitrogen and oxygen atoms in total. The standard InChI is InChI=1S/C19H21F3N4O/c1-25(16-5-3-2-4-6-16)24-18(27)14-9-11-26(12-10-14)17-8-7-15(13-23-17)19(20,21)22/h2-8,13-14H,9-12H2,1H3,(H,24,27). The van der Waals surface area contributed by atoms with Crippen molar-refractivity contribution >= 4 is 17.4 Å². The first-order valence-corrected chi connectivity index (χ1v) is 8.72. The molecule has 0 bridgehead atoms. The molecule has 0 unspecified atom stereocenters. The SMILES string of the molecule is CN(NC(=O)C1CCN(c2ccc(C(F)(F)F)cn2)CC1)c1ccccc1. The molecule has 1 N–H and O–H groups in total. The number of para-hydroxylation sites is 1. The monoisotopic (exact) mass is 378 g/mol. The fraction of sp³-hybridized carbons (Fsp3) is 0.368. The predicted octanol–water partition coefficient (Wildman–Crippen LogP) is 3.48. The third-order valence-corrected chi connectivity index (χ3v) is 4.69. The van der Waals surface area contributed by atoms with Gasteiger partial charge in [0.2, 0.25) is 5.91 Å². The third kappa shape index (κ3) is 4.69. The summed E-state index contributed by atoms with van der Waals surface area (Å²) in [6, 6.07) is 11.9. The molecule has 144 valence electrons. The summed E-state index contributed by atoms with van der Waals surface area (Å²) < 4.78 is 37.9. The molecule has 0 radical (unpaired) electrons. The molecule has 2 heterocycles. The van der Waals surface area contributed by atoms with E-state index in [9.17, 15) is 18.0 Å². The number of alkyl halides is 3. The van der Waals surface area contributed by atoms with E-state index in [1.54, 1.807) is 12.1 Å². The minimum atomic E-state index is -4.39. The van der Waals surface area contributed by atoms with Crippen LogP contribution in [0.25, 0.3) is 0 Å². The van der Waals surface area contributed by atoms with Crippen LogP contribution in [-0.2, 0) is 11.0 Å². The summed E-state index contributed by atoms with van der Waals surface area (Å²) in [5.41, 5.74) is 3.01. The first kappa shape index (κ1) is 19.0. The number of carbonyl (C=O) groups is 1. The van der Waals surface area contributed by atoms with Gasteiger partial charge >= 0.3 is 6.18 Å². The highest BCUT2D eigenvalue weighted by molar-refractivity contribution is 5.80. The second kappa shape index (κ2) is 7.85. The van der Waals surface area contributed by atoms with Gasteiger partial charge in [-0.3, -0.25) is 15.2 Å². The zero-order valence-corrected chi connectivity index (χ0v) is 14.9. The van der Waals surface area contributed by atoms with Crippen LogP contribution in [0.3, 0.4) is 0 Å². The van der Waals surface area contributed by atoms with Gasteiger partial charge in [0.1, 0.15) is 5.82 Å². The Kier molecular flexibility index (Phi) is 5.53. The van der Waals surface area contributed by atoms with E-state index in [4.69, 9.17) is 0 Å². The predicted molar refractivity (Wildman–Crippen MR) is 97.2 cm³/mol. The summed E-state index contributed by atoms with van der Waals surface area (Å²) in [4.78, 5) is 18.3. The fourth-order valence-electron chi connectivity index (χ4n) is 3.08. The number of amides is 1. The molecule has 1 aliphatic heterocycles. The second-order valence-corrected chi connectivity index (χ2v) is 6.53. The number of aromatic nitrogens is 1. The van der Waals surface area contributed by atoms with Gasteiger partial charge in [0.25, 0.3) is 0 Å². The van der Waals surface area contributed by atoms with Gasteiger partial charge in [-0.05, 0) is 37.1 Å². The van der Waals surface area contributed by atoms with Gasteiger partial charge in [0, 0.05) is 32.3 Å². The van der Waals surface area contributed by atoms with Gasteiger partial charge in [-0.1, -0.05) is 18.2 Å². The van der Waals surface area contributed by atoms with Crippen LogP contribution < -0.4 is 15.3 Å². The number of nitrogens with one attached hydrogen (secondary N) is 1. The lowest BCUT2D eigenvalue weighted by atomic mass is 9.96. The average molecular weight is 378 g/mol. The van der Waals surface area contributed by atoms with Crippen molar-refractivity contribution in [1.82, 2.24) is 10.4 Å². The second-order valence-electron chi connectivity index (χ2n) is 6.53. The van der Waals surface area contributed by atoms with Crippen molar-refractivity contribution in [1.29, 1.82) is 0 Å². The zero-order valence-electron chi connectivity index (χ0n) is 14.9. The molecular formula is C19H21F3N4O. The molecule has 1 aromatic heterocycles. The van der Waals surface area contributed by atoms with Crippen LogP contribution >= 0.6 is 0 Å². The molecule has 1 aromatic carbocycles. The largest absolute Gasteiger partial charge is 0.417 e. The Morgan fingerprint density at radius 2 is 1.81 bits per heavy atom. The summed E-state index contributed by atoms with van der Waals surface area (Å²) in [5.74, 6) is 0.312. The minimum Gasteiger partial charge on any atom is -0.357 e. The Bertz CT molecular complexity index is 757. The molecule has 1 amide bonds. The third-order valence-electron chi connectivity index (χ3n) is 4.69. The van der Waals surface area contributed by atoms with Crippen LogP contribution in [-0.4, -0.2) is 31.0 Å². The number of nitrogens with zero attached hydrogens (tertiary/aromatic N) is 3. The number of hydrazine groups is 1. The maximum absolute atomic E-state index is 12.6. The van der Waals surface area contributed by atoms with Crippen molar-refractivity contribution in [2.24, 2.45) is 5.92 Å². The summed E-state index contributed by atoms with van der Waals surface area (Å²) in [6.45, 7) is 1.15. The van der Waals surface area contributed by atoms with Crippen molar-refractivity contribution < 1.29 is 18.0 Å². The maximum atomic E-state index is 12.6. The highest BCUT2D eigenvalue weighted by Gasteiger charge is 2.31. The van der Waals surface area contributed by atoms with Crippen molar-refractivity contribution in [3.63, 3.8) is 0 Å². The normalized spacial score (nSPS) is 15.5. The molecule has 27 heavy (non-hydrogen) atoms. The molecule has 8 heteroatoms. The molecule has 0 atom stereocenters. The Morgan fingerprint density at radius 1 is 1.15 bits per heavy atom. The van der Waals surface area contributed by atoms with E-state index in [1.165, 1.54) is 6.07 Å². The van der Waals surface area contributed by atoms with Gasteiger partial charge in [0.15, 0.2) is 0 Å². The topological polar surface area (TPSA) is 48.5 Å². The number of hydrogen-bond acceptors (Lipinski definition) is 4. The molecule has 0 saturated carbocycles. The molecule has 2 aromatic rings. The fourth-order valence-corrected chi connectivity index (χ4v) is 3.08. The van der Waals surface area contributed by atoms with Crippen LogP contribution in [0.15, 0.2) is 48.7 Å². The molecule has 1 fully saturated rings. The average Bonchev–Trinajstić information content (AvgIpc) is 2.68. The number of carbonyl (C=O) groups excluding carboxylic acids is 1. The van der Waals surface area contributed by atoms with Gasteiger partial charge in [-0.15, -0.1) is 0 Å². The molecule has 1 aliphatic rings. The molecular weight excluding hydrogens is 357 g/mol. The number of halogens is 3. The van der Waals surface area contributed by atoms with Crippen LogP contribution in [0.2, 0.25) is 0 Å². The quantitative estimate of drug-likeness (QED) is 0.828. The maximum Gasteiger partial charge on any atom is 0.417 e. The number of hydrogen-bond donors (Lipinski definition) is 1. The molecule has 3 rings (SSSR count). The Balaban J connectivity index is 1.53. The minimum absolute atomic E-state index is 0.0543. The Labute approximate surface area is 155 Å². The van der Waals surface area contributed by atoms with Crippen molar-refractivity contribution in [2.45, 2.75) is 19.0 Å².